The van der Waals surface area contributed by atoms with Crippen LogP contribution < -0.4 is 10.6 Å². The zero-order valence-corrected chi connectivity index (χ0v) is 14.9. The maximum absolute atomic E-state index is 13.1. The molecule has 5 nitrogen and oxygen atoms in total. The highest BCUT2D eigenvalue weighted by Crippen LogP contribution is 2.19. The number of benzene rings is 1. The molecule has 4 N–H and O–H groups in total. The summed E-state index contributed by atoms with van der Waals surface area (Å²) in [4.78, 5) is 7.29. The van der Waals surface area contributed by atoms with Crippen molar-refractivity contribution in [2.24, 2.45) is 4.99 Å². The standard InChI is InChI=1S/C15H21FN4O.HI/c1-2-17-15(19-7-8-21)18-6-5-11-10-20-14-9-12(16)3-4-13(11)14;/h3-4,9-10,20-21H,2,5-8H2,1H3,(H2,17,18,19);1H. The van der Waals surface area contributed by atoms with Gasteiger partial charge >= 0.3 is 0 Å². The molecule has 7 heteroatoms. The second-order valence-electron chi connectivity index (χ2n) is 4.66. The van der Waals surface area contributed by atoms with Crippen LogP contribution in [0.3, 0.4) is 0 Å². The van der Waals surface area contributed by atoms with E-state index in [1.54, 1.807) is 6.07 Å². The number of hydrogen-bond acceptors (Lipinski definition) is 2. The van der Waals surface area contributed by atoms with E-state index in [0.717, 1.165) is 29.4 Å². The molecular formula is C15H22FIN4O. The fourth-order valence-corrected chi connectivity index (χ4v) is 2.18. The molecule has 2 rings (SSSR count). The number of fused-ring (bicyclic) bond motifs is 1. The summed E-state index contributed by atoms with van der Waals surface area (Å²) >= 11 is 0. The summed E-state index contributed by atoms with van der Waals surface area (Å²) < 4.78 is 13.1. The van der Waals surface area contributed by atoms with E-state index in [9.17, 15) is 4.39 Å². The lowest BCUT2D eigenvalue weighted by molar-refractivity contribution is 0.306. The van der Waals surface area contributed by atoms with E-state index in [0.29, 0.717) is 19.0 Å². The van der Waals surface area contributed by atoms with Crippen LogP contribution in [0.4, 0.5) is 4.39 Å². The zero-order valence-electron chi connectivity index (χ0n) is 12.5. The van der Waals surface area contributed by atoms with Crippen molar-refractivity contribution in [2.75, 3.05) is 26.2 Å². The molecule has 0 aliphatic heterocycles. The molecule has 1 aromatic heterocycles. The van der Waals surface area contributed by atoms with Gasteiger partial charge in [-0.3, -0.25) is 4.99 Å². The Morgan fingerprint density at radius 3 is 2.91 bits per heavy atom. The molecule has 1 aromatic carbocycles. The molecule has 0 saturated carbocycles. The number of guanidine groups is 1. The van der Waals surface area contributed by atoms with Gasteiger partial charge in [-0.05, 0) is 37.1 Å². The second-order valence-corrected chi connectivity index (χ2v) is 4.66. The molecular weight excluding hydrogens is 398 g/mol. The lowest BCUT2D eigenvalue weighted by Gasteiger charge is -2.10. The number of aliphatic imine (C=N–C) groups is 1. The molecule has 0 aliphatic rings. The van der Waals surface area contributed by atoms with Crippen molar-refractivity contribution >= 4 is 40.8 Å². The van der Waals surface area contributed by atoms with Crippen molar-refractivity contribution in [3.63, 3.8) is 0 Å². The Morgan fingerprint density at radius 2 is 2.18 bits per heavy atom. The molecule has 0 fully saturated rings. The Hall–Kier alpha value is -1.35. The predicted molar refractivity (Wildman–Crippen MR) is 98.4 cm³/mol. The molecule has 0 aliphatic carbocycles. The molecule has 2 aromatic rings. The van der Waals surface area contributed by atoms with Gasteiger partial charge in [0.1, 0.15) is 5.82 Å². The molecule has 0 saturated heterocycles. The Bertz CT molecular complexity index is 615. The van der Waals surface area contributed by atoms with Crippen molar-refractivity contribution in [3.8, 4) is 0 Å². The van der Waals surface area contributed by atoms with Crippen molar-refractivity contribution < 1.29 is 9.50 Å². The SMILES string of the molecule is CCNC(=NCCO)NCCc1c[nH]c2cc(F)ccc12.I. The summed E-state index contributed by atoms with van der Waals surface area (Å²) in [6, 6.07) is 4.76. The largest absolute Gasteiger partial charge is 0.394 e. The van der Waals surface area contributed by atoms with Gasteiger partial charge in [0.2, 0.25) is 0 Å². The first-order valence-electron chi connectivity index (χ1n) is 7.13. The van der Waals surface area contributed by atoms with Crippen LogP contribution in [0, 0.1) is 5.82 Å². The molecule has 0 bridgehead atoms. The third-order valence-corrected chi connectivity index (χ3v) is 3.13. The van der Waals surface area contributed by atoms with Gasteiger partial charge in [-0.25, -0.2) is 4.39 Å². The Kier molecular flexibility index (Phi) is 8.18. The van der Waals surface area contributed by atoms with Crippen LogP contribution in [0.2, 0.25) is 0 Å². The molecule has 0 atom stereocenters. The van der Waals surface area contributed by atoms with Crippen LogP contribution in [0.25, 0.3) is 10.9 Å². The minimum atomic E-state index is -0.236. The van der Waals surface area contributed by atoms with Gasteiger partial charge < -0.3 is 20.7 Å². The number of aromatic amines is 1. The first-order chi connectivity index (χ1) is 10.2. The minimum Gasteiger partial charge on any atom is -0.394 e. The van der Waals surface area contributed by atoms with Crippen LogP contribution in [0.5, 0.6) is 0 Å². The lowest BCUT2D eigenvalue weighted by atomic mass is 10.1. The normalized spacial score (nSPS) is 11.3. The first kappa shape index (κ1) is 18.7. The van der Waals surface area contributed by atoms with E-state index >= 15 is 0 Å². The highest BCUT2D eigenvalue weighted by Gasteiger charge is 2.05. The molecule has 0 unspecified atom stereocenters. The van der Waals surface area contributed by atoms with Gasteiger partial charge in [0.15, 0.2) is 5.96 Å². The van der Waals surface area contributed by atoms with E-state index < -0.39 is 0 Å². The lowest BCUT2D eigenvalue weighted by Crippen LogP contribution is -2.38. The van der Waals surface area contributed by atoms with Gasteiger partial charge in [-0.2, -0.15) is 0 Å². The van der Waals surface area contributed by atoms with E-state index in [-0.39, 0.29) is 36.4 Å². The quantitative estimate of drug-likeness (QED) is 0.328. The monoisotopic (exact) mass is 420 g/mol. The van der Waals surface area contributed by atoms with Crippen molar-refractivity contribution in [3.05, 3.63) is 35.8 Å². The van der Waals surface area contributed by atoms with Crippen LogP contribution in [-0.4, -0.2) is 42.3 Å². The van der Waals surface area contributed by atoms with E-state index in [4.69, 9.17) is 5.11 Å². The Labute approximate surface area is 146 Å². The number of rotatable bonds is 6. The Morgan fingerprint density at radius 1 is 1.36 bits per heavy atom. The van der Waals surface area contributed by atoms with Crippen molar-refractivity contribution in [1.29, 1.82) is 0 Å². The van der Waals surface area contributed by atoms with Gasteiger partial charge in [-0.15, -0.1) is 24.0 Å². The molecule has 1 heterocycles. The highest BCUT2D eigenvalue weighted by atomic mass is 127. The number of halogens is 2. The molecule has 22 heavy (non-hydrogen) atoms. The summed E-state index contributed by atoms with van der Waals surface area (Å²) in [6.45, 7) is 3.88. The number of aromatic nitrogens is 1. The fraction of sp³-hybridized carbons (Fsp3) is 0.400. The minimum absolute atomic E-state index is 0. The fourth-order valence-electron chi connectivity index (χ4n) is 2.18. The number of H-pyrrole nitrogens is 1. The Balaban J connectivity index is 0.00000242. The van der Waals surface area contributed by atoms with Crippen molar-refractivity contribution in [1.82, 2.24) is 15.6 Å². The summed E-state index contributed by atoms with van der Waals surface area (Å²) in [5.74, 6) is 0.456. The predicted octanol–water partition coefficient (Wildman–Crippen LogP) is 2.01. The van der Waals surface area contributed by atoms with Crippen LogP contribution in [0.1, 0.15) is 12.5 Å². The number of hydrogen-bond donors (Lipinski definition) is 4. The third kappa shape index (κ3) is 5.13. The zero-order chi connectivity index (χ0) is 15.1. The average molecular weight is 420 g/mol. The topological polar surface area (TPSA) is 72.4 Å². The summed E-state index contributed by atoms with van der Waals surface area (Å²) in [6.07, 6.45) is 2.71. The molecule has 0 spiro atoms. The molecule has 122 valence electrons. The van der Waals surface area contributed by atoms with Gasteiger partial charge in [0.25, 0.3) is 0 Å². The van der Waals surface area contributed by atoms with E-state index in [1.807, 2.05) is 13.1 Å². The van der Waals surface area contributed by atoms with Crippen LogP contribution in [-0.2, 0) is 6.42 Å². The highest BCUT2D eigenvalue weighted by molar-refractivity contribution is 14.0. The number of aliphatic hydroxyl groups excluding tert-OH is 1. The summed E-state index contributed by atoms with van der Waals surface area (Å²) in [7, 11) is 0. The molecule has 0 radical (unpaired) electrons. The van der Waals surface area contributed by atoms with Crippen molar-refractivity contribution in [2.45, 2.75) is 13.3 Å². The summed E-state index contributed by atoms with van der Waals surface area (Å²) in [5, 5.41) is 16.2. The third-order valence-electron chi connectivity index (χ3n) is 3.13. The summed E-state index contributed by atoms with van der Waals surface area (Å²) in [5.41, 5.74) is 1.95. The van der Waals surface area contributed by atoms with Gasteiger partial charge in [0.05, 0.1) is 13.2 Å². The first-order valence-corrected chi connectivity index (χ1v) is 7.13. The van der Waals surface area contributed by atoms with Crippen LogP contribution >= 0.6 is 24.0 Å². The van der Waals surface area contributed by atoms with Crippen LogP contribution in [0.15, 0.2) is 29.4 Å². The average Bonchev–Trinajstić information content (AvgIpc) is 2.87. The maximum Gasteiger partial charge on any atom is 0.191 e. The molecule has 0 amide bonds. The van der Waals surface area contributed by atoms with E-state index in [2.05, 4.69) is 20.6 Å². The van der Waals surface area contributed by atoms with E-state index in [1.165, 1.54) is 12.1 Å². The number of nitrogens with zero attached hydrogens (tertiary/aromatic N) is 1. The second kappa shape index (κ2) is 9.62. The number of aliphatic hydroxyl groups is 1. The smallest absolute Gasteiger partial charge is 0.191 e. The van der Waals surface area contributed by atoms with Gasteiger partial charge in [-0.1, -0.05) is 0 Å². The number of nitrogens with one attached hydrogen (secondary N) is 3. The van der Waals surface area contributed by atoms with Gasteiger partial charge in [0, 0.05) is 30.2 Å². The maximum atomic E-state index is 13.1.